The van der Waals surface area contributed by atoms with E-state index in [1.54, 1.807) is 0 Å². The van der Waals surface area contributed by atoms with Gasteiger partial charge in [-0.25, -0.2) is 7.12 Å². The minimum absolute atomic E-state index is 0. The summed E-state index contributed by atoms with van der Waals surface area (Å²) in [6.45, 7) is 18.0. The number of carbonyl (C=O) groups is 2. The zero-order valence-electron chi connectivity index (χ0n) is 18.8. The molecule has 2 aliphatic rings. The third kappa shape index (κ3) is 25.4. The summed E-state index contributed by atoms with van der Waals surface area (Å²) in [7, 11) is 2.37. The van der Waals surface area contributed by atoms with Gasteiger partial charge in [-0.3, -0.25) is 4.79 Å². The molecule has 0 bridgehead atoms. The van der Waals surface area contributed by atoms with Crippen molar-refractivity contribution in [3.63, 3.8) is 0 Å². The molecule has 0 amide bonds. The average molecular weight is 539 g/mol. The number of hydrogen-bond acceptors (Lipinski definition) is 5. The Bertz CT molecular complexity index is 506. The minimum Gasteiger partial charge on any atom is -0.758 e. The molecule has 0 aromatic rings. The summed E-state index contributed by atoms with van der Waals surface area (Å²) < 4.78 is 38.3. The first kappa shape index (κ1) is 42.1. The van der Waals surface area contributed by atoms with Crippen molar-refractivity contribution in [1.29, 1.82) is 0 Å². The maximum absolute atomic E-state index is 10.3. The average Bonchev–Trinajstić information content (AvgIpc) is 2.92. The topological polar surface area (TPSA) is 132 Å². The smallest absolute Gasteiger partial charge is 0.758 e. The Balaban J connectivity index is -0.000000122. The molecule has 0 aliphatic heterocycles. The molecular weight excluding hydrogens is 510 g/mol. The fourth-order valence-electron chi connectivity index (χ4n) is 3.20. The van der Waals surface area contributed by atoms with Crippen molar-refractivity contribution in [2.24, 2.45) is 0 Å². The van der Waals surface area contributed by atoms with Gasteiger partial charge in [0.2, 0.25) is 5.97 Å². The fourth-order valence-corrected chi connectivity index (χ4v) is 6.81. The molecule has 0 saturated heterocycles. The van der Waals surface area contributed by atoms with Crippen LogP contribution in [-0.4, -0.2) is 37.5 Å². The molecule has 8 nitrogen and oxygen atoms in total. The second-order valence-corrected chi connectivity index (χ2v) is 9.69. The molecule has 1 radical (unpaired) electrons. The van der Waals surface area contributed by atoms with E-state index in [4.69, 9.17) is 30.9 Å². The first-order valence-corrected chi connectivity index (χ1v) is 12.1. The van der Waals surface area contributed by atoms with Gasteiger partial charge < -0.3 is 26.5 Å². The molecule has 183 valence electrons. The Kier molecular flexibility index (Phi) is 45.4. The van der Waals surface area contributed by atoms with Crippen LogP contribution in [0.15, 0.2) is 6.08 Å². The fraction of sp³-hybridized carbons (Fsp3) is 0.636. The number of hydrogen-bond donors (Lipinski definition) is 0. The van der Waals surface area contributed by atoms with Gasteiger partial charge in [0.25, 0.3) is 0 Å². The van der Waals surface area contributed by atoms with E-state index >= 15 is 0 Å². The summed E-state index contributed by atoms with van der Waals surface area (Å²) in [5.41, 5.74) is 1.94. The summed E-state index contributed by atoms with van der Waals surface area (Å²) >= 11 is 5.84. The van der Waals surface area contributed by atoms with Crippen LogP contribution in [0.5, 0.6) is 0 Å². The van der Waals surface area contributed by atoms with Gasteiger partial charge in [0, 0.05) is 0 Å². The van der Waals surface area contributed by atoms with Gasteiger partial charge in [0.15, 0.2) is 5.97 Å². The Morgan fingerprint density at radius 2 is 1.12 bits per heavy atom. The van der Waals surface area contributed by atoms with Crippen LogP contribution < -0.4 is 0 Å². The van der Waals surface area contributed by atoms with Crippen LogP contribution in [0.2, 0.25) is 0 Å². The normalized spacial score (nSPS) is 14.5. The quantitative estimate of drug-likeness (QED) is 0.101. The van der Waals surface area contributed by atoms with Crippen LogP contribution in [0, 0.1) is 32.7 Å². The van der Waals surface area contributed by atoms with E-state index in [0.29, 0.717) is 0 Å². The molecule has 0 aromatic carbocycles. The van der Waals surface area contributed by atoms with E-state index in [9.17, 15) is 9.59 Å². The van der Waals surface area contributed by atoms with Crippen molar-refractivity contribution in [3.05, 3.63) is 38.8 Å². The molecule has 0 heterocycles. The largest absolute Gasteiger partial charge is 2.00 e. The second-order valence-electron chi connectivity index (χ2n) is 6.25. The monoisotopic (exact) mass is 539 g/mol. The van der Waals surface area contributed by atoms with Gasteiger partial charge >= 0.3 is 62.3 Å². The van der Waals surface area contributed by atoms with Crippen molar-refractivity contribution < 1.29 is 54.7 Å². The molecule has 0 spiro atoms. The molecule has 2 fully saturated rings. The molecule has 2 rings (SSSR count). The Hall–Kier alpha value is -1.06. The zero-order chi connectivity index (χ0) is 25.8. The molecule has 11 heteroatoms. The number of esters is 2. The van der Waals surface area contributed by atoms with Crippen LogP contribution in [0.25, 0.3) is 0 Å². The summed E-state index contributed by atoms with van der Waals surface area (Å²) in [6.07, 6.45) is 17.5. The summed E-state index contributed by atoms with van der Waals surface area (Å²) in [6, 6.07) is 0. The first-order valence-electron chi connectivity index (χ1n) is 9.61. The molecule has 0 unspecified atom stereocenters. The molecule has 2 aliphatic carbocycles. The predicted octanol–water partition coefficient (Wildman–Crippen LogP) is 4.13. The molecule has 0 atom stereocenters. The Morgan fingerprint density at radius 1 is 0.788 bits per heavy atom. The molecular formula is C22H29MnO8PS. The third-order valence-corrected chi connectivity index (χ3v) is 8.82. The van der Waals surface area contributed by atoms with Crippen LogP contribution in [0.1, 0.15) is 64.2 Å². The predicted molar refractivity (Wildman–Crippen MR) is 116 cm³/mol. The van der Waals surface area contributed by atoms with Crippen molar-refractivity contribution in [3.8, 4) is 0 Å². The summed E-state index contributed by atoms with van der Waals surface area (Å²) in [5, 5.41) is 0. The van der Waals surface area contributed by atoms with E-state index in [1.165, 1.54) is 78.4 Å². The van der Waals surface area contributed by atoms with Gasteiger partial charge in [0.05, 0.1) is 14.2 Å². The summed E-state index contributed by atoms with van der Waals surface area (Å²) in [5.74, 6) is -1.34. The van der Waals surface area contributed by atoms with Gasteiger partial charge in [-0.2, -0.15) is 6.08 Å². The minimum atomic E-state index is -0.703. The SMILES string of the molecule is COC(=O)[C-]=CC(=O)OC.[C-]#[O+].[C-]#[O+].[C-]#[O+].[C-]#[O+].[Mn+2].[S-]P(C1CCCCC1)C1CCCCC1. The van der Waals surface area contributed by atoms with Crippen LogP contribution in [0.3, 0.4) is 0 Å². The van der Waals surface area contributed by atoms with Crippen molar-refractivity contribution in [2.45, 2.75) is 75.5 Å². The van der Waals surface area contributed by atoms with E-state index in [-0.39, 0.29) is 24.2 Å². The van der Waals surface area contributed by atoms with Gasteiger partial charge in [-0.1, -0.05) is 38.5 Å². The Morgan fingerprint density at radius 3 is 1.39 bits per heavy atom. The Labute approximate surface area is 214 Å². The number of ether oxygens (including phenoxy) is 2. The maximum atomic E-state index is 10.3. The van der Waals surface area contributed by atoms with E-state index in [0.717, 1.165) is 17.4 Å². The van der Waals surface area contributed by atoms with Crippen molar-refractivity contribution in [1.82, 2.24) is 0 Å². The summed E-state index contributed by atoms with van der Waals surface area (Å²) in [4.78, 5) is 20.5. The number of rotatable bonds is 4. The third-order valence-electron chi connectivity index (χ3n) is 4.56. The molecule has 33 heavy (non-hydrogen) atoms. The van der Waals surface area contributed by atoms with Crippen LogP contribution >= 0.6 is 7.12 Å². The maximum Gasteiger partial charge on any atom is 2.00 e. The van der Waals surface area contributed by atoms with Gasteiger partial charge in [-0.05, 0) is 37.0 Å². The first-order chi connectivity index (χ1) is 15.6. The zero-order valence-corrected chi connectivity index (χ0v) is 21.7. The standard InChI is InChI=1S/C12H22PS.C6H7O4.4CO.Mn/c14-13(11-7-3-1-4-8-11)12-9-5-2-6-10-12;1-9-5(7)3-4-6(8)10-2;4*1-2;/h11-12H,1-10H2;3H,1-2H3;;;;;/q2*-1;;;;;+2. The van der Waals surface area contributed by atoms with Crippen molar-refractivity contribution >= 4 is 31.3 Å². The second kappa shape index (κ2) is 35.5. The number of carbonyl (C=O) groups excluding carboxylic acids is 2. The molecule has 2 saturated carbocycles. The van der Waals surface area contributed by atoms with E-state index < -0.39 is 11.9 Å². The molecule has 0 aromatic heterocycles. The van der Waals surface area contributed by atoms with E-state index in [1.807, 2.05) is 6.08 Å². The van der Waals surface area contributed by atoms with Gasteiger partial charge in [0.1, 0.15) is 0 Å². The number of methoxy groups -OCH3 is 2. The molecule has 0 N–H and O–H groups in total. The van der Waals surface area contributed by atoms with E-state index in [2.05, 4.69) is 36.1 Å². The van der Waals surface area contributed by atoms with Gasteiger partial charge in [-0.15, -0.1) is 6.08 Å². The van der Waals surface area contributed by atoms with Crippen LogP contribution in [0.4, 0.5) is 0 Å². The van der Waals surface area contributed by atoms with Crippen molar-refractivity contribution in [2.75, 3.05) is 14.2 Å². The van der Waals surface area contributed by atoms with Crippen LogP contribution in [-0.2, 0) is 67.0 Å².